The second kappa shape index (κ2) is 7.38. The average molecular weight is 380 g/mol. The Morgan fingerprint density at radius 1 is 1.21 bits per heavy atom. The van der Waals surface area contributed by atoms with Gasteiger partial charge in [-0.25, -0.2) is 9.37 Å². The van der Waals surface area contributed by atoms with E-state index in [0.29, 0.717) is 17.9 Å². The number of aromatic nitrogens is 4. The standard InChI is InChI=1S/C20H21FN6O/c1-13-16(12-26(2)25-13)20(28)27-9-3-4-18(27)17-7-6-15(11-22-17)24-19-8-5-14(21)10-23-19/h5-8,10-12,18H,3-4,9H2,1-2H3,(H,23,24)/t18-/m1/s1. The third-order valence-electron chi connectivity index (χ3n) is 4.89. The number of halogens is 1. The highest BCUT2D eigenvalue weighted by molar-refractivity contribution is 5.95. The van der Waals surface area contributed by atoms with Crippen LogP contribution >= 0.6 is 0 Å². The van der Waals surface area contributed by atoms with Crippen LogP contribution in [0.4, 0.5) is 15.9 Å². The first-order valence-corrected chi connectivity index (χ1v) is 9.17. The Hall–Kier alpha value is -3.29. The summed E-state index contributed by atoms with van der Waals surface area (Å²) in [4.78, 5) is 23.4. The normalized spacial score (nSPS) is 16.4. The molecule has 144 valence electrons. The molecule has 0 unspecified atom stereocenters. The summed E-state index contributed by atoms with van der Waals surface area (Å²) in [5.41, 5.74) is 2.97. The smallest absolute Gasteiger partial charge is 0.257 e. The number of rotatable bonds is 4. The van der Waals surface area contributed by atoms with Gasteiger partial charge in [-0.1, -0.05) is 0 Å². The molecule has 0 aromatic carbocycles. The molecule has 1 aliphatic heterocycles. The van der Waals surface area contributed by atoms with Crippen LogP contribution in [0.2, 0.25) is 0 Å². The number of carbonyl (C=O) groups is 1. The molecule has 3 aromatic heterocycles. The molecule has 0 bridgehead atoms. The molecule has 1 amide bonds. The van der Waals surface area contributed by atoms with Crippen LogP contribution in [-0.4, -0.2) is 37.1 Å². The van der Waals surface area contributed by atoms with E-state index >= 15 is 0 Å². The predicted octanol–water partition coefficient (Wildman–Crippen LogP) is 3.38. The van der Waals surface area contributed by atoms with Gasteiger partial charge in [0.15, 0.2) is 0 Å². The number of carbonyl (C=O) groups excluding carboxylic acids is 1. The summed E-state index contributed by atoms with van der Waals surface area (Å²) >= 11 is 0. The van der Waals surface area contributed by atoms with Crippen molar-refractivity contribution in [3.05, 3.63) is 65.6 Å². The van der Waals surface area contributed by atoms with E-state index < -0.39 is 0 Å². The lowest BCUT2D eigenvalue weighted by molar-refractivity contribution is 0.0732. The van der Waals surface area contributed by atoms with Gasteiger partial charge in [-0.2, -0.15) is 5.10 Å². The molecule has 1 fully saturated rings. The lowest BCUT2D eigenvalue weighted by Gasteiger charge is -2.24. The van der Waals surface area contributed by atoms with Gasteiger partial charge < -0.3 is 10.2 Å². The Bertz CT molecular complexity index is 983. The monoisotopic (exact) mass is 380 g/mol. The summed E-state index contributed by atoms with van der Waals surface area (Å²) in [5.74, 6) is 0.155. The number of hydrogen-bond acceptors (Lipinski definition) is 5. The maximum atomic E-state index is 13.0. The van der Waals surface area contributed by atoms with Crippen LogP contribution in [0.3, 0.4) is 0 Å². The van der Waals surface area contributed by atoms with Gasteiger partial charge in [0, 0.05) is 19.8 Å². The molecular weight excluding hydrogens is 359 g/mol. The molecule has 1 aliphatic rings. The van der Waals surface area contributed by atoms with Gasteiger partial charge in [0.25, 0.3) is 5.91 Å². The summed E-state index contributed by atoms with van der Waals surface area (Å²) in [6.07, 6.45) is 6.45. The zero-order valence-electron chi connectivity index (χ0n) is 15.8. The molecule has 4 rings (SSSR count). The van der Waals surface area contributed by atoms with Gasteiger partial charge >= 0.3 is 0 Å². The molecule has 0 saturated carbocycles. The zero-order chi connectivity index (χ0) is 19.7. The number of aryl methyl sites for hydroxylation is 2. The number of nitrogens with zero attached hydrogens (tertiary/aromatic N) is 5. The minimum Gasteiger partial charge on any atom is -0.339 e. The Morgan fingerprint density at radius 3 is 2.71 bits per heavy atom. The fourth-order valence-corrected chi connectivity index (χ4v) is 3.56. The molecule has 0 spiro atoms. The Balaban J connectivity index is 1.50. The lowest BCUT2D eigenvalue weighted by Crippen LogP contribution is -2.31. The quantitative estimate of drug-likeness (QED) is 0.751. The van der Waals surface area contributed by atoms with Gasteiger partial charge in [0.1, 0.15) is 11.6 Å². The fraction of sp³-hybridized carbons (Fsp3) is 0.300. The van der Waals surface area contributed by atoms with Gasteiger partial charge in [-0.3, -0.25) is 14.5 Å². The van der Waals surface area contributed by atoms with Crippen LogP contribution in [0, 0.1) is 12.7 Å². The van der Waals surface area contributed by atoms with Crippen LogP contribution in [0.1, 0.15) is 40.6 Å². The van der Waals surface area contributed by atoms with Crippen LogP contribution in [0.25, 0.3) is 0 Å². The molecule has 7 nitrogen and oxygen atoms in total. The van der Waals surface area contributed by atoms with Crippen molar-refractivity contribution in [3.8, 4) is 0 Å². The highest BCUT2D eigenvalue weighted by Crippen LogP contribution is 2.33. The Kier molecular flexibility index (Phi) is 4.77. The van der Waals surface area contributed by atoms with Crippen molar-refractivity contribution < 1.29 is 9.18 Å². The topological polar surface area (TPSA) is 75.9 Å². The van der Waals surface area contributed by atoms with E-state index in [1.807, 2.05) is 31.0 Å². The van der Waals surface area contributed by atoms with Crippen molar-refractivity contribution in [1.82, 2.24) is 24.6 Å². The van der Waals surface area contributed by atoms with E-state index in [1.54, 1.807) is 23.1 Å². The number of amides is 1. The SMILES string of the molecule is Cc1nn(C)cc1C(=O)N1CCC[C@@H]1c1ccc(Nc2ccc(F)cn2)cn1. The molecular formula is C20H21FN6O. The second-order valence-corrected chi connectivity index (χ2v) is 6.92. The largest absolute Gasteiger partial charge is 0.339 e. The molecule has 8 heteroatoms. The zero-order valence-corrected chi connectivity index (χ0v) is 15.8. The maximum absolute atomic E-state index is 13.0. The number of nitrogens with one attached hydrogen (secondary N) is 1. The van der Waals surface area contributed by atoms with E-state index in [1.165, 1.54) is 6.07 Å². The van der Waals surface area contributed by atoms with Crippen molar-refractivity contribution in [2.75, 3.05) is 11.9 Å². The molecule has 0 aliphatic carbocycles. The number of likely N-dealkylation sites (tertiary alicyclic amines) is 1. The maximum Gasteiger partial charge on any atom is 0.257 e. The molecule has 1 atom stereocenters. The van der Waals surface area contributed by atoms with Gasteiger partial charge in [-0.05, 0) is 44.0 Å². The van der Waals surface area contributed by atoms with Crippen molar-refractivity contribution >= 4 is 17.4 Å². The van der Waals surface area contributed by atoms with Gasteiger partial charge in [0.2, 0.25) is 0 Å². The first-order valence-electron chi connectivity index (χ1n) is 9.17. The number of hydrogen-bond donors (Lipinski definition) is 1. The highest BCUT2D eigenvalue weighted by atomic mass is 19.1. The van der Waals surface area contributed by atoms with Crippen molar-refractivity contribution in [1.29, 1.82) is 0 Å². The van der Waals surface area contributed by atoms with Crippen molar-refractivity contribution in [3.63, 3.8) is 0 Å². The minimum absolute atomic E-state index is 0.00684. The third-order valence-corrected chi connectivity index (χ3v) is 4.89. The average Bonchev–Trinajstić information content (AvgIpc) is 3.30. The molecule has 1 N–H and O–H groups in total. The summed E-state index contributed by atoms with van der Waals surface area (Å²) in [7, 11) is 1.81. The first-order chi connectivity index (χ1) is 13.5. The molecule has 28 heavy (non-hydrogen) atoms. The van der Waals surface area contributed by atoms with E-state index in [0.717, 1.165) is 36.1 Å². The van der Waals surface area contributed by atoms with Crippen molar-refractivity contribution in [2.45, 2.75) is 25.8 Å². The van der Waals surface area contributed by atoms with Gasteiger partial charge in [-0.15, -0.1) is 0 Å². The lowest BCUT2D eigenvalue weighted by atomic mass is 10.1. The molecule has 0 radical (unpaired) electrons. The summed E-state index contributed by atoms with van der Waals surface area (Å²) < 4.78 is 14.6. The predicted molar refractivity (Wildman–Crippen MR) is 103 cm³/mol. The minimum atomic E-state index is -0.381. The number of anilines is 2. The van der Waals surface area contributed by atoms with Crippen LogP contribution in [-0.2, 0) is 7.05 Å². The third kappa shape index (κ3) is 3.58. The highest BCUT2D eigenvalue weighted by Gasteiger charge is 2.32. The van der Waals surface area contributed by atoms with E-state index in [4.69, 9.17) is 0 Å². The Morgan fingerprint density at radius 2 is 2.07 bits per heavy atom. The summed E-state index contributed by atoms with van der Waals surface area (Å²) in [5, 5.41) is 7.36. The Labute approximate surface area is 162 Å². The summed E-state index contributed by atoms with van der Waals surface area (Å²) in [6.45, 7) is 2.56. The molecule has 3 aromatic rings. The fourth-order valence-electron chi connectivity index (χ4n) is 3.56. The number of pyridine rings is 2. The van der Waals surface area contributed by atoms with Crippen molar-refractivity contribution in [2.24, 2.45) is 7.05 Å². The van der Waals surface area contributed by atoms with E-state index in [9.17, 15) is 9.18 Å². The van der Waals surface area contributed by atoms with E-state index in [-0.39, 0.29) is 17.8 Å². The van der Waals surface area contributed by atoms with Gasteiger partial charge in [0.05, 0.1) is 41.1 Å². The molecule has 1 saturated heterocycles. The van der Waals surface area contributed by atoms with Crippen LogP contribution < -0.4 is 5.32 Å². The van der Waals surface area contributed by atoms with Crippen LogP contribution in [0.15, 0.2) is 42.9 Å². The molecule has 4 heterocycles. The van der Waals surface area contributed by atoms with Crippen LogP contribution in [0.5, 0.6) is 0 Å². The second-order valence-electron chi connectivity index (χ2n) is 6.92. The first kappa shape index (κ1) is 18.1. The summed E-state index contributed by atoms with van der Waals surface area (Å²) in [6, 6.07) is 6.67. The van der Waals surface area contributed by atoms with E-state index in [2.05, 4.69) is 20.4 Å².